The summed E-state index contributed by atoms with van der Waals surface area (Å²) in [5.74, 6) is 0.236. The largest absolute Gasteiger partial charge is 1.00 e. The maximum atomic E-state index is 11.9. The van der Waals surface area contributed by atoms with E-state index < -0.39 is 0 Å². The van der Waals surface area contributed by atoms with Gasteiger partial charge < -0.3 is 17.3 Å². The first-order valence-corrected chi connectivity index (χ1v) is 6.76. The van der Waals surface area contributed by atoms with Gasteiger partial charge in [0.1, 0.15) is 0 Å². The summed E-state index contributed by atoms with van der Waals surface area (Å²) in [7, 11) is 0. The fourth-order valence-corrected chi connectivity index (χ4v) is 2.50. The van der Waals surface area contributed by atoms with Crippen molar-refractivity contribution in [2.75, 3.05) is 19.6 Å². The lowest BCUT2D eigenvalue weighted by molar-refractivity contribution is -0.904. The van der Waals surface area contributed by atoms with Crippen LogP contribution in [0.4, 0.5) is 0 Å². The minimum atomic E-state index is 0. The van der Waals surface area contributed by atoms with E-state index in [0.717, 1.165) is 12.1 Å². The molecule has 0 atom stereocenters. The lowest BCUT2D eigenvalue weighted by Gasteiger charge is -2.23. The zero-order valence-electron chi connectivity index (χ0n) is 10.4. The highest BCUT2D eigenvalue weighted by atomic mass is 35.5. The van der Waals surface area contributed by atoms with Crippen molar-refractivity contribution in [2.24, 2.45) is 0 Å². The molecule has 1 saturated heterocycles. The molecule has 1 aliphatic rings. The first-order chi connectivity index (χ1) is 8.25. The fourth-order valence-electron chi connectivity index (χ4n) is 2.37. The highest BCUT2D eigenvalue weighted by Crippen LogP contribution is 2.10. The Bertz CT molecular complexity index is 372. The van der Waals surface area contributed by atoms with E-state index in [1.807, 2.05) is 12.1 Å². The Morgan fingerprint density at radius 3 is 2.33 bits per heavy atom. The average Bonchev–Trinajstić information content (AvgIpc) is 2.38. The molecule has 2 nitrogen and oxygen atoms in total. The van der Waals surface area contributed by atoms with Gasteiger partial charge in [0.2, 0.25) is 0 Å². The Hall–Kier alpha value is -0.570. The molecule has 18 heavy (non-hydrogen) atoms. The summed E-state index contributed by atoms with van der Waals surface area (Å²) in [6, 6.07) is 7.19. The predicted molar refractivity (Wildman–Crippen MR) is 69.8 cm³/mol. The van der Waals surface area contributed by atoms with Crippen LogP contribution < -0.4 is 17.3 Å². The van der Waals surface area contributed by atoms with Gasteiger partial charge in [-0.15, -0.1) is 0 Å². The van der Waals surface area contributed by atoms with E-state index in [4.69, 9.17) is 11.6 Å². The van der Waals surface area contributed by atoms with Gasteiger partial charge in [-0.05, 0) is 43.5 Å². The Kier molecular flexibility index (Phi) is 6.69. The standard InChI is InChI=1S/C14H18ClNO.ClH/c15-13-6-4-12(5-7-13)14(17)8-11-16-9-2-1-3-10-16;/h4-7H,1-3,8-11H2;1H. The van der Waals surface area contributed by atoms with E-state index in [9.17, 15) is 4.79 Å². The van der Waals surface area contributed by atoms with Crippen LogP contribution in [0.2, 0.25) is 5.02 Å². The van der Waals surface area contributed by atoms with Gasteiger partial charge in [0.15, 0.2) is 5.78 Å². The third-order valence-corrected chi connectivity index (χ3v) is 3.68. The topological polar surface area (TPSA) is 21.5 Å². The minimum absolute atomic E-state index is 0. The summed E-state index contributed by atoms with van der Waals surface area (Å²) in [5, 5.41) is 0.684. The zero-order valence-corrected chi connectivity index (χ0v) is 11.9. The van der Waals surface area contributed by atoms with Crippen molar-refractivity contribution in [1.29, 1.82) is 0 Å². The van der Waals surface area contributed by atoms with Gasteiger partial charge >= 0.3 is 0 Å². The van der Waals surface area contributed by atoms with E-state index >= 15 is 0 Å². The number of Topliss-reactive ketones (excluding diaryl/α,β-unsaturated/α-hetero) is 1. The molecule has 1 N–H and O–H groups in total. The number of piperidine rings is 1. The molecule has 4 heteroatoms. The second-order valence-corrected chi connectivity index (χ2v) is 5.18. The number of carbonyl (C=O) groups excluding carboxylic acids is 1. The third-order valence-electron chi connectivity index (χ3n) is 3.43. The van der Waals surface area contributed by atoms with E-state index in [2.05, 4.69) is 0 Å². The highest BCUT2D eigenvalue weighted by molar-refractivity contribution is 6.30. The van der Waals surface area contributed by atoms with Gasteiger partial charge in [-0.25, -0.2) is 0 Å². The Morgan fingerprint density at radius 1 is 1.11 bits per heavy atom. The molecular formula is C14H19Cl2NO. The molecule has 0 aliphatic carbocycles. The molecule has 1 fully saturated rings. The quantitative estimate of drug-likeness (QED) is 0.704. The van der Waals surface area contributed by atoms with Crippen molar-refractivity contribution in [3.05, 3.63) is 34.9 Å². The molecule has 2 rings (SSSR count). The number of ketones is 1. The summed E-state index contributed by atoms with van der Waals surface area (Å²) in [5.41, 5.74) is 0.783. The smallest absolute Gasteiger partial charge is 0.168 e. The van der Waals surface area contributed by atoms with Crippen molar-refractivity contribution < 1.29 is 22.1 Å². The lowest BCUT2D eigenvalue weighted by atomic mass is 10.1. The van der Waals surface area contributed by atoms with Crippen LogP contribution in [0.25, 0.3) is 0 Å². The first kappa shape index (κ1) is 15.5. The van der Waals surface area contributed by atoms with E-state index in [1.165, 1.54) is 32.4 Å². The minimum Gasteiger partial charge on any atom is -1.00 e. The first-order valence-electron chi connectivity index (χ1n) is 6.38. The lowest BCUT2D eigenvalue weighted by Crippen LogP contribution is -3.12. The number of hydrogen-bond acceptors (Lipinski definition) is 1. The number of halogens is 2. The van der Waals surface area contributed by atoms with Gasteiger partial charge in [-0.2, -0.15) is 0 Å². The van der Waals surface area contributed by atoms with Crippen LogP contribution in [0, 0.1) is 0 Å². The van der Waals surface area contributed by atoms with Crippen molar-refractivity contribution in [1.82, 2.24) is 0 Å². The predicted octanol–water partition coefficient (Wildman–Crippen LogP) is -1.01. The Balaban J connectivity index is 0.00000162. The number of quaternary nitrogens is 1. The molecule has 0 spiro atoms. The average molecular weight is 288 g/mol. The van der Waals surface area contributed by atoms with E-state index in [-0.39, 0.29) is 18.2 Å². The number of nitrogens with one attached hydrogen (secondary N) is 1. The number of benzene rings is 1. The maximum Gasteiger partial charge on any atom is 0.168 e. The molecule has 0 unspecified atom stereocenters. The fraction of sp³-hybridized carbons (Fsp3) is 0.500. The van der Waals surface area contributed by atoms with E-state index in [1.54, 1.807) is 17.0 Å². The van der Waals surface area contributed by atoms with Crippen LogP contribution in [-0.2, 0) is 0 Å². The third kappa shape index (κ3) is 4.60. The number of hydrogen-bond donors (Lipinski definition) is 1. The molecule has 0 bridgehead atoms. The van der Waals surface area contributed by atoms with Gasteiger partial charge in [-0.3, -0.25) is 4.79 Å². The molecular weight excluding hydrogens is 269 g/mol. The van der Waals surface area contributed by atoms with E-state index in [0.29, 0.717) is 11.4 Å². The summed E-state index contributed by atoms with van der Waals surface area (Å²) in [4.78, 5) is 13.5. The zero-order chi connectivity index (χ0) is 12.1. The molecule has 1 aliphatic heterocycles. The van der Waals surface area contributed by atoms with Gasteiger partial charge in [-0.1, -0.05) is 11.6 Å². The van der Waals surface area contributed by atoms with Crippen LogP contribution >= 0.6 is 11.6 Å². The SMILES string of the molecule is O=C(CC[NH+]1CCCCC1)c1ccc(Cl)cc1.[Cl-]. The maximum absolute atomic E-state index is 11.9. The van der Waals surface area contributed by atoms with Crippen LogP contribution in [0.1, 0.15) is 36.0 Å². The second-order valence-electron chi connectivity index (χ2n) is 4.74. The molecule has 0 saturated carbocycles. The van der Waals surface area contributed by atoms with Crippen molar-refractivity contribution in [2.45, 2.75) is 25.7 Å². The summed E-state index contributed by atoms with van der Waals surface area (Å²) in [6.07, 6.45) is 4.63. The van der Waals surface area contributed by atoms with Gasteiger partial charge in [0.05, 0.1) is 26.1 Å². The number of likely N-dealkylation sites (tertiary alicyclic amines) is 1. The van der Waals surface area contributed by atoms with Crippen molar-refractivity contribution in [3.63, 3.8) is 0 Å². The molecule has 1 aromatic carbocycles. The number of rotatable bonds is 4. The highest BCUT2D eigenvalue weighted by Gasteiger charge is 2.15. The number of carbonyl (C=O) groups is 1. The monoisotopic (exact) mass is 287 g/mol. The summed E-state index contributed by atoms with van der Waals surface area (Å²) in [6.45, 7) is 3.43. The normalized spacial score (nSPS) is 16.1. The molecule has 1 aromatic rings. The van der Waals surface area contributed by atoms with Crippen LogP contribution in [0.5, 0.6) is 0 Å². The molecule has 100 valence electrons. The van der Waals surface area contributed by atoms with Gasteiger partial charge in [0, 0.05) is 10.6 Å². The summed E-state index contributed by atoms with van der Waals surface area (Å²) >= 11 is 5.80. The Morgan fingerprint density at radius 2 is 1.72 bits per heavy atom. The Labute approximate surface area is 120 Å². The molecule has 1 heterocycles. The van der Waals surface area contributed by atoms with Crippen molar-refractivity contribution in [3.8, 4) is 0 Å². The van der Waals surface area contributed by atoms with Crippen LogP contribution in [0.15, 0.2) is 24.3 Å². The molecule has 0 aromatic heterocycles. The second kappa shape index (κ2) is 7.78. The summed E-state index contributed by atoms with van der Waals surface area (Å²) < 4.78 is 0. The molecule has 0 radical (unpaired) electrons. The van der Waals surface area contributed by atoms with Gasteiger partial charge in [0.25, 0.3) is 0 Å². The van der Waals surface area contributed by atoms with Crippen molar-refractivity contribution >= 4 is 17.4 Å². The molecule has 0 amide bonds. The van der Waals surface area contributed by atoms with Crippen LogP contribution in [-0.4, -0.2) is 25.4 Å². The van der Waals surface area contributed by atoms with Crippen LogP contribution in [0.3, 0.4) is 0 Å².